The highest BCUT2D eigenvalue weighted by Gasteiger charge is 2.11. The minimum Gasteiger partial charge on any atom is -0.370 e. The average Bonchev–Trinajstić information content (AvgIpc) is 2.85. The van der Waals surface area contributed by atoms with Crippen LogP contribution in [0.1, 0.15) is 71.1 Å². The Morgan fingerprint density at radius 3 is 1.83 bits per heavy atom. The summed E-state index contributed by atoms with van der Waals surface area (Å²) >= 11 is 0. The van der Waals surface area contributed by atoms with Gasteiger partial charge in [-0.15, -0.1) is 0 Å². The molecule has 0 aliphatic carbocycles. The van der Waals surface area contributed by atoms with Gasteiger partial charge in [-0.3, -0.25) is 14.1 Å². The lowest BCUT2D eigenvalue weighted by Gasteiger charge is -2.16. The van der Waals surface area contributed by atoms with Crippen LogP contribution in [-0.4, -0.2) is 48.0 Å². The molecule has 0 spiro atoms. The molecule has 0 fully saturated rings. The first-order valence-corrected chi connectivity index (χ1v) is 9.99. The highest BCUT2D eigenvalue weighted by Crippen LogP contribution is 2.11. The van der Waals surface area contributed by atoms with E-state index < -0.39 is 10.4 Å². The lowest BCUT2D eigenvalue weighted by molar-refractivity contribution is 0.381. The number of hydrogen-bond acceptors (Lipinski definition) is 5. The molecule has 0 saturated carbocycles. The van der Waals surface area contributed by atoms with Crippen LogP contribution in [0, 0.1) is 0 Å². The maximum absolute atomic E-state index is 8.74. The van der Waals surface area contributed by atoms with Gasteiger partial charge in [-0.1, -0.05) is 64.7 Å². The largest absolute Gasteiger partial charge is 0.394 e. The monoisotopic (exact) mass is 351 g/mol. The topological polar surface area (TPSA) is 116 Å². The van der Waals surface area contributed by atoms with E-state index in [1.807, 2.05) is 0 Å². The Hall–Kier alpha value is -0.860. The second-order valence-corrected chi connectivity index (χ2v) is 6.75. The summed E-state index contributed by atoms with van der Waals surface area (Å²) in [7, 11) is -4.67. The second kappa shape index (κ2) is 13.6. The smallest absolute Gasteiger partial charge is 0.370 e. The molecule has 1 aliphatic rings. The Morgan fingerprint density at radius 1 is 1.00 bits per heavy atom. The Bertz CT molecular complexity index is 405. The standard InChI is InChI=1S/C15H31N3.H2O4S/c1-2-3-4-5-6-7-8-9-10-11-13-18-14-12-17-15(18)16;1-5(2,3)4/h2-14H2,1H3,(H2,16,17);(H2,1,2,3,4). The molecule has 0 aromatic heterocycles. The molecule has 0 amide bonds. The van der Waals surface area contributed by atoms with E-state index in [-0.39, 0.29) is 0 Å². The van der Waals surface area contributed by atoms with Crippen LogP contribution in [0.25, 0.3) is 0 Å². The van der Waals surface area contributed by atoms with Crippen molar-refractivity contribution in [2.45, 2.75) is 71.1 Å². The van der Waals surface area contributed by atoms with Gasteiger partial charge < -0.3 is 10.6 Å². The van der Waals surface area contributed by atoms with Crippen molar-refractivity contribution in [1.82, 2.24) is 4.90 Å². The van der Waals surface area contributed by atoms with Gasteiger partial charge in [-0.2, -0.15) is 8.42 Å². The first-order chi connectivity index (χ1) is 10.8. The summed E-state index contributed by atoms with van der Waals surface area (Å²) in [6, 6.07) is 0. The highest BCUT2D eigenvalue weighted by molar-refractivity contribution is 7.79. The third kappa shape index (κ3) is 17.3. The zero-order valence-electron chi connectivity index (χ0n) is 14.3. The zero-order chi connectivity index (χ0) is 17.6. The minimum absolute atomic E-state index is 0.755. The Labute approximate surface area is 140 Å². The maximum atomic E-state index is 8.74. The SMILES string of the molecule is CCCCCCCCCCCCN1CCN=C1N.O=S(=O)(O)O. The fourth-order valence-corrected chi connectivity index (χ4v) is 2.52. The number of nitrogens with two attached hydrogens (primary N) is 1. The molecule has 0 atom stereocenters. The number of rotatable bonds is 11. The molecule has 7 nitrogen and oxygen atoms in total. The highest BCUT2D eigenvalue weighted by atomic mass is 32.3. The van der Waals surface area contributed by atoms with Gasteiger partial charge in [0.05, 0.1) is 6.54 Å². The van der Waals surface area contributed by atoms with Gasteiger partial charge in [-0.25, -0.2) is 0 Å². The van der Waals surface area contributed by atoms with Crippen molar-refractivity contribution in [2.75, 3.05) is 19.6 Å². The van der Waals surface area contributed by atoms with Gasteiger partial charge in [0, 0.05) is 13.1 Å². The van der Waals surface area contributed by atoms with Crippen LogP contribution < -0.4 is 5.73 Å². The molecule has 0 saturated heterocycles. The van der Waals surface area contributed by atoms with E-state index in [4.69, 9.17) is 23.3 Å². The van der Waals surface area contributed by atoms with Crippen LogP contribution in [0.4, 0.5) is 0 Å². The van der Waals surface area contributed by atoms with E-state index in [1.165, 1.54) is 64.2 Å². The molecule has 4 N–H and O–H groups in total. The van der Waals surface area contributed by atoms with Gasteiger partial charge >= 0.3 is 10.4 Å². The summed E-state index contributed by atoms with van der Waals surface area (Å²) in [5.74, 6) is 0.755. The first-order valence-electron chi connectivity index (χ1n) is 8.59. The number of unbranched alkanes of at least 4 members (excludes halogenated alkanes) is 9. The lowest BCUT2D eigenvalue weighted by atomic mass is 10.1. The van der Waals surface area contributed by atoms with Crippen LogP contribution in [0.3, 0.4) is 0 Å². The van der Waals surface area contributed by atoms with Gasteiger partial charge in [0.2, 0.25) is 0 Å². The van der Waals surface area contributed by atoms with E-state index in [0.717, 1.165) is 25.6 Å². The molecule has 0 radical (unpaired) electrons. The molecule has 1 heterocycles. The molecule has 0 unspecified atom stereocenters. The van der Waals surface area contributed by atoms with Crippen molar-refractivity contribution >= 4 is 16.4 Å². The summed E-state index contributed by atoms with van der Waals surface area (Å²) in [6.07, 6.45) is 13.9. The summed E-state index contributed by atoms with van der Waals surface area (Å²) in [5, 5.41) is 0. The van der Waals surface area contributed by atoms with Crippen LogP contribution in [0.5, 0.6) is 0 Å². The van der Waals surface area contributed by atoms with E-state index in [2.05, 4.69) is 16.8 Å². The molecular weight excluding hydrogens is 318 g/mol. The number of guanidine groups is 1. The van der Waals surface area contributed by atoms with E-state index in [0.29, 0.717) is 0 Å². The predicted molar refractivity (Wildman–Crippen MR) is 94.1 cm³/mol. The molecule has 1 aliphatic heterocycles. The summed E-state index contributed by atoms with van der Waals surface area (Å²) in [5.41, 5.74) is 5.78. The Balaban J connectivity index is 0.000000841. The van der Waals surface area contributed by atoms with Crippen molar-refractivity contribution in [2.24, 2.45) is 10.7 Å². The molecule has 0 bridgehead atoms. The Kier molecular flexibility index (Phi) is 13.1. The van der Waals surface area contributed by atoms with Gasteiger partial charge in [0.1, 0.15) is 0 Å². The van der Waals surface area contributed by atoms with Gasteiger partial charge in [0.25, 0.3) is 0 Å². The molecule has 138 valence electrons. The van der Waals surface area contributed by atoms with Crippen LogP contribution >= 0.6 is 0 Å². The van der Waals surface area contributed by atoms with Gasteiger partial charge in [0.15, 0.2) is 5.96 Å². The Morgan fingerprint density at radius 2 is 1.43 bits per heavy atom. The normalized spacial score (nSPS) is 14.4. The van der Waals surface area contributed by atoms with Crippen molar-refractivity contribution in [3.05, 3.63) is 0 Å². The zero-order valence-corrected chi connectivity index (χ0v) is 15.1. The van der Waals surface area contributed by atoms with E-state index in [9.17, 15) is 0 Å². The molecule has 0 aromatic carbocycles. The fraction of sp³-hybridized carbons (Fsp3) is 0.933. The summed E-state index contributed by atoms with van der Waals surface area (Å²) in [6.45, 7) is 5.30. The minimum atomic E-state index is -4.67. The molecule has 23 heavy (non-hydrogen) atoms. The molecule has 8 heteroatoms. The van der Waals surface area contributed by atoms with Crippen molar-refractivity contribution < 1.29 is 17.5 Å². The fourth-order valence-electron chi connectivity index (χ4n) is 2.52. The van der Waals surface area contributed by atoms with Crippen LogP contribution in [0.15, 0.2) is 4.99 Å². The van der Waals surface area contributed by atoms with Crippen molar-refractivity contribution in [3.63, 3.8) is 0 Å². The van der Waals surface area contributed by atoms with Crippen LogP contribution in [-0.2, 0) is 10.4 Å². The van der Waals surface area contributed by atoms with Crippen molar-refractivity contribution in [3.8, 4) is 0 Å². The number of nitrogens with zero attached hydrogens (tertiary/aromatic N) is 2. The quantitative estimate of drug-likeness (QED) is 0.389. The lowest BCUT2D eigenvalue weighted by Crippen LogP contribution is -2.34. The first kappa shape index (κ1) is 22.1. The third-order valence-corrected chi connectivity index (χ3v) is 3.75. The second-order valence-electron chi connectivity index (χ2n) is 5.86. The number of hydrogen-bond donors (Lipinski definition) is 3. The van der Waals surface area contributed by atoms with E-state index >= 15 is 0 Å². The van der Waals surface area contributed by atoms with Crippen molar-refractivity contribution in [1.29, 1.82) is 0 Å². The molecule has 1 rings (SSSR count). The van der Waals surface area contributed by atoms with Crippen LogP contribution in [0.2, 0.25) is 0 Å². The predicted octanol–water partition coefficient (Wildman–Crippen LogP) is 2.88. The maximum Gasteiger partial charge on any atom is 0.394 e. The average molecular weight is 352 g/mol. The summed E-state index contributed by atoms with van der Waals surface area (Å²) < 4.78 is 31.6. The van der Waals surface area contributed by atoms with Gasteiger partial charge in [-0.05, 0) is 6.42 Å². The third-order valence-electron chi connectivity index (χ3n) is 3.75. The molecular formula is C15H33N3O4S. The molecule has 0 aromatic rings. The van der Waals surface area contributed by atoms with E-state index in [1.54, 1.807) is 0 Å². The summed E-state index contributed by atoms with van der Waals surface area (Å²) in [4.78, 5) is 6.41. The number of aliphatic imine (C=N–C) groups is 1.